The highest BCUT2D eigenvalue weighted by molar-refractivity contribution is 6.33. The van der Waals surface area contributed by atoms with E-state index in [1.807, 2.05) is 6.92 Å². The van der Waals surface area contributed by atoms with E-state index in [9.17, 15) is 9.59 Å². The molecule has 5 nitrogen and oxygen atoms in total. The van der Waals surface area contributed by atoms with Crippen LogP contribution in [0.4, 0.5) is 11.4 Å². The Morgan fingerprint density at radius 3 is 2.61 bits per heavy atom. The van der Waals surface area contributed by atoms with Crippen LogP contribution in [0.15, 0.2) is 18.2 Å². The predicted molar refractivity (Wildman–Crippen MR) is 96.2 cm³/mol. The molecule has 2 rings (SSSR count). The summed E-state index contributed by atoms with van der Waals surface area (Å²) in [5.74, 6) is -0.505. The molecular formula is C16H23Cl2N3O2. The average molecular weight is 360 g/mol. The van der Waals surface area contributed by atoms with Gasteiger partial charge in [0.2, 0.25) is 11.8 Å². The second-order valence-electron chi connectivity index (χ2n) is 6.17. The van der Waals surface area contributed by atoms with Gasteiger partial charge in [0.25, 0.3) is 0 Å². The van der Waals surface area contributed by atoms with Crippen molar-refractivity contribution in [1.82, 2.24) is 0 Å². The van der Waals surface area contributed by atoms with Gasteiger partial charge in [-0.1, -0.05) is 24.4 Å². The van der Waals surface area contributed by atoms with Gasteiger partial charge in [-0.25, -0.2) is 0 Å². The molecule has 2 atom stereocenters. The van der Waals surface area contributed by atoms with E-state index >= 15 is 0 Å². The molecule has 0 radical (unpaired) electrons. The maximum Gasteiger partial charge on any atom is 0.229 e. The lowest BCUT2D eigenvalue weighted by atomic mass is 9.74. The maximum atomic E-state index is 12.5. The minimum atomic E-state index is -0.477. The highest BCUT2D eigenvalue weighted by Gasteiger charge is 2.37. The van der Waals surface area contributed by atoms with Gasteiger partial charge in [0.15, 0.2) is 0 Å². The van der Waals surface area contributed by atoms with Gasteiger partial charge in [0.05, 0.1) is 16.6 Å². The minimum absolute atomic E-state index is 0. The second-order valence-corrected chi connectivity index (χ2v) is 6.58. The van der Waals surface area contributed by atoms with Crippen molar-refractivity contribution in [3.05, 3.63) is 23.2 Å². The van der Waals surface area contributed by atoms with Crippen LogP contribution in [0.2, 0.25) is 5.02 Å². The average Bonchev–Trinajstić information content (AvgIpc) is 2.41. The first-order chi connectivity index (χ1) is 10.3. The number of rotatable bonds is 3. The van der Waals surface area contributed by atoms with Crippen LogP contribution < -0.4 is 16.4 Å². The van der Waals surface area contributed by atoms with E-state index in [2.05, 4.69) is 10.6 Å². The molecule has 0 bridgehead atoms. The summed E-state index contributed by atoms with van der Waals surface area (Å²) in [6.07, 6.45) is 3.72. The Labute approximate surface area is 147 Å². The molecule has 1 aromatic rings. The number of nitrogens with two attached hydrogens (primary N) is 1. The van der Waals surface area contributed by atoms with Crippen molar-refractivity contribution < 1.29 is 9.59 Å². The zero-order valence-corrected chi connectivity index (χ0v) is 14.9. The Bertz CT molecular complexity index is 591. The number of anilines is 2. The van der Waals surface area contributed by atoms with Crippen molar-refractivity contribution in [1.29, 1.82) is 0 Å². The van der Waals surface area contributed by atoms with Crippen molar-refractivity contribution in [2.45, 2.75) is 45.1 Å². The van der Waals surface area contributed by atoms with Gasteiger partial charge in [0, 0.05) is 18.2 Å². The van der Waals surface area contributed by atoms with Crippen LogP contribution >= 0.6 is 24.0 Å². The molecule has 23 heavy (non-hydrogen) atoms. The Balaban J connectivity index is 0.00000264. The van der Waals surface area contributed by atoms with E-state index in [4.69, 9.17) is 17.3 Å². The molecule has 1 aliphatic rings. The first kappa shape index (κ1) is 19.7. The Kier molecular flexibility index (Phi) is 6.86. The lowest BCUT2D eigenvalue weighted by Gasteiger charge is -2.37. The number of halogens is 2. The summed E-state index contributed by atoms with van der Waals surface area (Å²) in [7, 11) is 0. The molecule has 0 aliphatic heterocycles. The monoisotopic (exact) mass is 359 g/mol. The summed E-state index contributed by atoms with van der Waals surface area (Å²) < 4.78 is 0. The number of carbonyl (C=O) groups excluding carboxylic acids is 2. The summed E-state index contributed by atoms with van der Waals surface area (Å²) in [5, 5.41) is 5.94. The number of hydrogen-bond donors (Lipinski definition) is 3. The molecule has 0 spiro atoms. The lowest BCUT2D eigenvalue weighted by Crippen LogP contribution is -2.51. The van der Waals surface area contributed by atoms with Crippen molar-refractivity contribution in [2.24, 2.45) is 11.7 Å². The first-order valence-electron chi connectivity index (χ1n) is 7.46. The molecule has 7 heteroatoms. The Hall–Kier alpha value is -1.30. The van der Waals surface area contributed by atoms with Crippen molar-refractivity contribution in [3.63, 3.8) is 0 Å². The van der Waals surface area contributed by atoms with Gasteiger partial charge in [-0.15, -0.1) is 12.4 Å². The highest BCUT2D eigenvalue weighted by Crippen LogP contribution is 2.33. The highest BCUT2D eigenvalue weighted by atomic mass is 35.5. The van der Waals surface area contributed by atoms with Crippen molar-refractivity contribution >= 4 is 47.2 Å². The zero-order chi connectivity index (χ0) is 16.3. The number of hydrogen-bond acceptors (Lipinski definition) is 3. The van der Waals surface area contributed by atoms with E-state index in [1.165, 1.54) is 6.92 Å². The molecule has 1 aromatic carbocycles. The van der Waals surface area contributed by atoms with E-state index < -0.39 is 5.54 Å². The van der Waals surface area contributed by atoms with Crippen LogP contribution in [0.3, 0.4) is 0 Å². The lowest BCUT2D eigenvalue weighted by molar-refractivity contribution is -0.122. The van der Waals surface area contributed by atoms with Gasteiger partial charge >= 0.3 is 0 Å². The quantitative estimate of drug-likeness (QED) is 0.771. The van der Waals surface area contributed by atoms with Gasteiger partial charge in [-0.05, 0) is 38.0 Å². The van der Waals surface area contributed by atoms with Gasteiger partial charge in [-0.3, -0.25) is 9.59 Å². The molecule has 128 valence electrons. The SMILES string of the molecule is CC(=O)Nc1cc(NC(=O)C2CCCCC2(C)N)ccc1Cl.Cl. The first-order valence-corrected chi connectivity index (χ1v) is 7.84. The van der Waals surface area contributed by atoms with Crippen LogP contribution in [0.1, 0.15) is 39.5 Å². The van der Waals surface area contributed by atoms with Crippen LogP contribution in [0.25, 0.3) is 0 Å². The number of nitrogens with one attached hydrogen (secondary N) is 2. The van der Waals surface area contributed by atoms with Crippen LogP contribution in [-0.4, -0.2) is 17.4 Å². The van der Waals surface area contributed by atoms with Gasteiger partial charge in [0.1, 0.15) is 0 Å². The normalized spacial score (nSPS) is 23.6. The third-order valence-electron chi connectivity index (χ3n) is 4.12. The van der Waals surface area contributed by atoms with Crippen molar-refractivity contribution in [2.75, 3.05) is 10.6 Å². The summed E-state index contributed by atoms with van der Waals surface area (Å²) >= 11 is 6.02. The largest absolute Gasteiger partial charge is 0.326 e. The number of benzene rings is 1. The molecule has 2 amide bonds. The van der Waals surface area contributed by atoms with Crippen molar-refractivity contribution in [3.8, 4) is 0 Å². The third kappa shape index (κ3) is 5.09. The molecule has 4 N–H and O–H groups in total. The fourth-order valence-corrected chi connectivity index (χ4v) is 3.07. The summed E-state index contributed by atoms with van der Waals surface area (Å²) in [4.78, 5) is 23.6. The fourth-order valence-electron chi connectivity index (χ4n) is 2.91. The second kappa shape index (κ2) is 7.99. The van der Waals surface area contributed by atoms with Gasteiger partial charge < -0.3 is 16.4 Å². The summed E-state index contributed by atoms with van der Waals surface area (Å²) in [6.45, 7) is 3.34. The van der Waals surface area contributed by atoms with E-state index in [0.29, 0.717) is 16.4 Å². The van der Waals surface area contributed by atoms with E-state index in [0.717, 1.165) is 25.7 Å². The predicted octanol–water partition coefficient (Wildman–Crippen LogP) is 3.57. The molecule has 1 saturated carbocycles. The molecule has 0 aromatic heterocycles. The van der Waals surface area contributed by atoms with Crippen LogP contribution in [0.5, 0.6) is 0 Å². The van der Waals surface area contributed by atoms with Crippen LogP contribution in [-0.2, 0) is 9.59 Å². The topological polar surface area (TPSA) is 84.2 Å². The van der Waals surface area contributed by atoms with E-state index in [1.54, 1.807) is 18.2 Å². The molecular weight excluding hydrogens is 337 g/mol. The minimum Gasteiger partial charge on any atom is -0.326 e. The smallest absolute Gasteiger partial charge is 0.229 e. The molecule has 0 saturated heterocycles. The summed E-state index contributed by atoms with van der Waals surface area (Å²) in [6, 6.07) is 5.01. The molecule has 1 aliphatic carbocycles. The summed E-state index contributed by atoms with van der Waals surface area (Å²) in [5.41, 5.74) is 6.86. The van der Waals surface area contributed by atoms with Gasteiger partial charge in [-0.2, -0.15) is 0 Å². The maximum absolute atomic E-state index is 12.5. The van der Waals surface area contributed by atoms with E-state index in [-0.39, 0.29) is 30.1 Å². The molecule has 0 heterocycles. The third-order valence-corrected chi connectivity index (χ3v) is 4.44. The Morgan fingerprint density at radius 1 is 1.30 bits per heavy atom. The number of amides is 2. The molecule has 2 unspecified atom stereocenters. The fraction of sp³-hybridized carbons (Fsp3) is 0.500. The number of carbonyl (C=O) groups is 2. The standard InChI is InChI=1S/C16H22ClN3O2.ClH/c1-10(21)19-14-9-11(6-7-13(14)17)20-15(22)12-5-3-4-8-16(12,2)18;/h6-7,9,12H,3-5,8,18H2,1-2H3,(H,19,21)(H,20,22);1H. The Morgan fingerprint density at radius 2 is 2.00 bits per heavy atom. The van der Waals surface area contributed by atoms with Crippen LogP contribution in [0, 0.1) is 5.92 Å². The zero-order valence-electron chi connectivity index (χ0n) is 13.3. The molecule has 1 fully saturated rings.